The summed E-state index contributed by atoms with van der Waals surface area (Å²) in [5.74, 6) is -0.0839. The summed E-state index contributed by atoms with van der Waals surface area (Å²) >= 11 is 0. The van der Waals surface area contributed by atoms with Crippen LogP contribution in [-0.4, -0.2) is 5.91 Å². The van der Waals surface area contributed by atoms with Gasteiger partial charge in [-0.25, -0.2) is 0 Å². The minimum Gasteiger partial charge on any atom is -0.346 e. The van der Waals surface area contributed by atoms with Gasteiger partial charge in [0.25, 0.3) is 0 Å². The molecule has 16 heavy (non-hydrogen) atoms. The monoisotopic (exact) mass is 215 g/mol. The zero-order valence-corrected chi connectivity index (χ0v) is 9.62. The molecule has 1 aromatic carbocycles. The quantitative estimate of drug-likeness (QED) is 0.755. The van der Waals surface area contributed by atoms with Crippen LogP contribution in [0.1, 0.15) is 35.6 Å². The van der Waals surface area contributed by atoms with Gasteiger partial charge in [0.05, 0.1) is 6.04 Å². The third kappa shape index (κ3) is 2.16. The van der Waals surface area contributed by atoms with Crippen LogP contribution in [0.15, 0.2) is 30.9 Å². The molecule has 2 rings (SSSR count). The van der Waals surface area contributed by atoms with Crippen molar-refractivity contribution >= 4 is 5.91 Å². The number of hydrogen-bond donors (Lipinski definition) is 1. The van der Waals surface area contributed by atoms with Gasteiger partial charge < -0.3 is 5.32 Å². The highest BCUT2D eigenvalue weighted by molar-refractivity contribution is 5.87. The van der Waals surface area contributed by atoms with Gasteiger partial charge in [0, 0.05) is 0 Å². The number of rotatable bonds is 2. The molecule has 0 aliphatic heterocycles. The largest absolute Gasteiger partial charge is 0.346 e. The van der Waals surface area contributed by atoms with Crippen molar-refractivity contribution in [1.29, 1.82) is 0 Å². The molecule has 0 saturated carbocycles. The van der Waals surface area contributed by atoms with Gasteiger partial charge in [-0.15, -0.1) is 0 Å². The Balaban J connectivity index is 2.28. The van der Waals surface area contributed by atoms with Crippen molar-refractivity contribution in [2.45, 2.75) is 32.2 Å². The van der Waals surface area contributed by atoms with E-state index >= 15 is 0 Å². The van der Waals surface area contributed by atoms with E-state index < -0.39 is 0 Å². The number of aryl methyl sites for hydroxylation is 2. The maximum atomic E-state index is 11.3. The molecule has 0 heterocycles. The Bertz CT molecular complexity index is 423. The topological polar surface area (TPSA) is 29.1 Å². The highest BCUT2D eigenvalue weighted by Gasteiger charge is 2.20. The predicted octanol–water partition coefficient (Wildman–Crippen LogP) is 2.67. The first kappa shape index (κ1) is 10.9. The van der Waals surface area contributed by atoms with Gasteiger partial charge in [0.2, 0.25) is 5.91 Å². The van der Waals surface area contributed by atoms with E-state index in [1.807, 2.05) is 0 Å². The summed E-state index contributed by atoms with van der Waals surface area (Å²) in [6.07, 6.45) is 4.62. The van der Waals surface area contributed by atoms with Crippen LogP contribution in [0.4, 0.5) is 0 Å². The lowest BCUT2D eigenvalue weighted by molar-refractivity contribution is -0.117. The highest BCUT2D eigenvalue weighted by Crippen LogP contribution is 2.30. The van der Waals surface area contributed by atoms with Gasteiger partial charge in [0.1, 0.15) is 0 Å². The molecule has 0 saturated heterocycles. The van der Waals surface area contributed by atoms with Crippen molar-refractivity contribution in [1.82, 2.24) is 5.32 Å². The Labute approximate surface area is 96.4 Å². The summed E-state index contributed by atoms with van der Waals surface area (Å²) in [5.41, 5.74) is 3.89. The molecule has 0 spiro atoms. The second-order valence-corrected chi connectivity index (χ2v) is 4.36. The Morgan fingerprint density at radius 3 is 3.12 bits per heavy atom. The van der Waals surface area contributed by atoms with Crippen molar-refractivity contribution < 1.29 is 4.79 Å². The van der Waals surface area contributed by atoms with Gasteiger partial charge in [-0.2, -0.15) is 0 Å². The summed E-state index contributed by atoms with van der Waals surface area (Å²) in [6.45, 7) is 5.57. The predicted molar refractivity (Wildman–Crippen MR) is 65.2 cm³/mol. The summed E-state index contributed by atoms with van der Waals surface area (Å²) in [4.78, 5) is 11.3. The molecule has 0 radical (unpaired) electrons. The first-order chi connectivity index (χ1) is 7.70. The standard InChI is InChI=1S/C14H17NO/c1-3-14(16)15-13-6-4-5-11-8-7-10(2)9-12(11)13/h3,7-9,13H,1,4-6H2,2H3,(H,15,16)/t13-/m0/s1. The highest BCUT2D eigenvalue weighted by atomic mass is 16.1. The van der Waals surface area contributed by atoms with Crippen LogP contribution in [0, 0.1) is 6.92 Å². The molecule has 2 heteroatoms. The summed E-state index contributed by atoms with van der Waals surface area (Å²) < 4.78 is 0. The van der Waals surface area contributed by atoms with Gasteiger partial charge in [-0.05, 0) is 43.4 Å². The normalized spacial score (nSPS) is 18.7. The Kier molecular flexibility index (Phi) is 3.09. The third-order valence-corrected chi connectivity index (χ3v) is 3.12. The average molecular weight is 215 g/mol. The SMILES string of the molecule is C=CC(=O)N[C@H]1CCCc2ccc(C)cc21. The van der Waals surface area contributed by atoms with Crippen LogP contribution >= 0.6 is 0 Å². The van der Waals surface area contributed by atoms with Gasteiger partial charge in [-0.1, -0.05) is 30.3 Å². The zero-order chi connectivity index (χ0) is 11.5. The zero-order valence-electron chi connectivity index (χ0n) is 9.62. The number of carbonyl (C=O) groups excluding carboxylic acids is 1. The molecular weight excluding hydrogens is 198 g/mol. The molecule has 2 nitrogen and oxygen atoms in total. The van der Waals surface area contributed by atoms with E-state index in [1.165, 1.54) is 22.8 Å². The van der Waals surface area contributed by atoms with Gasteiger partial charge in [0.15, 0.2) is 0 Å². The lowest BCUT2D eigenvalue weighted by Gasteiger charge is -2.26. The lowest BCUT2D eigenvalue weighted by Crippen LogP contribution is -2.29. The molecule has 84 valence electrons. The first-order valence-electron chi connectivity index (χ1n) is 5.73. The van der Waals surface area contributed by atoms with Crippen LogP contribution < -0.4 is 5.32 Å². The van der Waals surface area contributed by atoms with E-state index in [0.29, 0.717) is 0 Å². The summed E-state index contributed by atoms with van der Waals surface area (Å²) in [7, 11) is 0. The molecular formula is C14H17NO. The second-order valence-electron chi connectivity index (χ2n) is 4.36. The molecule has 1 atom stereocenters. The number of fused-ring (bicyclic) bond motifs is 1. The number of nitrogens with one attached hydrogen (secondary N) is 1. The number of hydrogen-bond acceptors (Lipinski definition) is 1. The van der Waals surface area contributed by atoms with Gasteiger partial charge in [-0.3, -0.25) is 4.79 Å². The summed E-state index contributed by atoms with van der Waals surface area (Å²) in [6, 6.07) is 6.66. The molecule has 0 fully saturated rings. The smallest absolute Gasteiger partial charge is 0.243 e. The van der Waals surface area contributed by atoms with Crippen molar-refractivity contribution in [3.05, 3.63) is 47.5 Å². The van der Waals surface area contributed by atoms with E-state index in [4.69, 9.17) is 0 Å². The lowest BCUT2D eigenvalue weighted by atomic mass is 9.86. The minimum absolute atomic E-state index is 0.0839. The molecule has 0 bridgehead atoms. The fraction of sp³-hybridized carbons (Fsp3) is 0.357. The van der Waals surface area contributed by atoms with Crippen molar-refractivity contribution in [3.8, 4) is 0 Å². The molecule has 1 N–H and O–H groups in total. The number of carbonyl (C=O) groups is 1. The summed E-state index contributed by atoms with van der Waals surface area (Å²) in [5, 5.41) is 2.99. The Morgan fingerprint density at radius 1 is 1.56 bits per heavy atom. The minimum atomic E-state index is -0.0839. The molecule has 1 aliphatic carbocycles. The number of amides is 1. The van der Waals surface area contributed by atoms with E-state index in [0.717, 1.165) is 19.3 Å². The van der Waals surface area contributed by atoms with Crippen molar-refractivity contribution in [2.75, 3.05) is 0 Å². The van der Waals surface area contributed by atoms with Crippen molar-refractivity contribution in [2.24, 2.45) is 0 Å². The second kappa shape index (κ2) is 4.52. The fourth-order valence-electron chi connectivity index (χ4n) is 2.30. The van der Waals surface area contributed by atoms with Crippen LogP contribution in [0.25, 0.3) is 0 Å². The van der Waals surface area contributed by atoms with Crippen molar-refractivity contribution in [3.63, 3.8) is 0 Å². The molecule has 0 unspecified atom stereocenters. The van der Waals surface area contributed by atoms with E-state index in [-0.39, 0.29) is 11.9 Å². The van der Waals surface area contributed by atoms with Crippen LogP contribution in [0.3, 0.4) is 0 Å². The van der Waals surface area contributed by atoms with E-state index in [1.54, 1.807) is 0 Å². The molecule has 1 aromatic rings. The van der Waals surface area contributed by atoms with Gasteiger partial charge >= 0.3 is 0 Å². The van der Waals surface area contributed by atoms with E-state index in [9.17, 15) is 4.79 Å². The number of benzene rings is 1. The van der Waals surface area contributed by atoms with Crippen LogP contribution in [-0.2, 0) is 11.2 Å². The Morgan fingerprint density at radius 2 is 2.38 bits per heavy atom. The van der Waals surface area contributed by atoms with Crippen LogP contribution in [0.2, 0.25) is 0 Å². The average Bonchev–Trinajstić information content (AvgIpc) is 2.29. The maximum absolute atomic E-state index is 11.3. The molecule has 0 aromatic heterocycles. The fourth-order valence-corrected chi connectivity index (χ4v) is 2.30. The third-order valence-electron chi connectivity index (χ3n) is 3.12. The van der Waals surface area contributed by atoms with E-state index in [2.05, 4.69) is 37.0 Å². The first-order valence-corrected chi connectivity index (χ1v) is 5.73. The Hall–Kier alpha value is -1.57. The molecule has 1 aliphatic rings. The maximum Gasteiger partial charge on any atom is 0.243 e. The molecule has 1 amide bonds. The van der Waals surface area contributed by atoms with Crippen LogP contribution in [0.5, 0.6) is 0 Å².